The first kappa shape index (κ1) is 8.70. The quantitative estimate of drug-likeness (QED) is 0.512. The molecule has 0 aliphatic heterocycles. The lowest BCUT2D eigenvalue weighted by molar-refractivity contribution is 0.565. The van der Waals surface area contributed by atoms with Gasteiger partial charge in [0.25, 0.3) is 0 Å². The van der Waals surface area contributed by atoms with Gasteiger partial charge in [0, 0.05) is 11.6 Å². The molecule has 1 unspecified atom stereocenters. The molecule has 0 saturated heterocycles. The molecule has 1 atom stereocenters. The Kier molecular flexibility index (Phi) is 3.55. The highest BCUT2D eigenvalue weighted by atomic mass is 35.5. The molecule has 1 fully saturated rings. The number of rotatable bonds is 0. The summed E-state index contributed by atoms with van der Waals surface area (Å²) in [6.07, 6.45) is 2.89. The van der Waals surface area contributed by atoms with Gasteiger partial charge >= 0.3 is 0 Å². The zero-order chi connectivity index (χ0) is 5.98. The van der Waals surface area contributed by atoms with Crippen LogP contribution in [0.4, 0.5) is 0 Å². The predicted molar refractivity (Wildman–Crippen MR) is 38.3 cm³/mol. The van der Waals surface area contributed by atoms with Crippen LogP contribution in [0.25, 0.3) is 0 Å². The van der Waals surface area contributed by atoms with Crippen LogP contribution in [0.1, 0.15) is 19.3 Å². The Morgan fingerprint density at radius 1 is 1.67 bits per heavy atom. The van der Waals surface area contributed by atoms with E-state index in [9.17, 15) is 4.79 Å². The summed E-state index contributed by atoms with van der Waals surface area (Å²) in [6, 6.07) is 0.0208. The van der Waals surface area contributed by atoms with E-state index in [1.807, 2.05) is 5.94 Å². The zero-order valence-corrected chi connectivity index (χ0v) is 5.91. The van der Waals surface area contributed by atoms with Gasteiger partial charge in [-0.05, 0) is 19.3 Å². The zero-order valence-electron chi connectivity index (χ0n) is 5.09. The molecule has 9 heavy (non-hydrogen) atoms. The second-order valence-electron chi connectivity index (χ2n) is 2.13. The van der Waals surface area contributed by atoms with Crippen molar-refractivity contribution in [2.45, 2.75) is 25.3 Å². The van der Waals surface area contributed by atoms with Crippen LogP contribution in [0.5, 0.6) is 0 Å². The Morgan fingerprint density at radius 3 is 2.56 bits per heavy atom. The Balaban J connectivity index is 0.000000640. The molecule has 2 nitrogen and oxygen atoms in total. The monoisotopic (exact) mass is 147 g/mol. The Bertz CT molecular complexity index is 140. The Hall–Kier alpha value is -0.300. The molecule has 0 radical (unpaired) electrons. The molecule has 0 heterocycles. The molecule has 0 aromatic rings. The van der Waals surface area contributed by atoms with Crippen molar-refractivity contribution in [3.05, 3.63) is 5.57 Å². The minimum Gasteiger partial charge on any atom is -0.324 e. The van der Waals surface area contributed by atoms with E-state index >= 15 is 0 Å². The van der Waals surface area contributed by atoms with Crippen LogP contribution in [0, 0.1) is 0 Å². The fourth-order valence-electron chi connectivity index (χ4n) is 0.999. The fourth-order valence-corrected chi connectivity index (χ4v) is 0.999. The third-order valence-corrected chi connectivity index (χ3v) is 1.54. The molecular weight excluding hydrogens is 138 g/mol. The van der Waals surface area contributed by atoms with E-state index in [0.29, 0.717) is 0 Å². The van der Waals surface area contributed by atoms with Crippen molar-refractivity contribution in [1.29, 1.82) is 0 Å². The second-order valence-corrected chi connectivity index (χ2v) is 2.13. The summed E-state index contributed by atoms with van der Waals surface area (Å²) in [6.45, 7) is 0. The van der Waals surface area contributed by atoms with Crippen molar-refractivity contribution in [1.82, 2.24) is 0 Å². The molecule has 0 spiro atoms. The van der Waals surface area contributed by atoms with Crippen LogP contribution in [0.3, 0.4) is 0 Å². The number of nitrogens with two attached hydrogens (primary N) is 1. The van der Waals surface area contributed by atoms with Crippen LogP contribution in [0.2, 0.25) is 0 Å². The Labute approximate surface area is 60.5 Å². The molecule has 2 N–H and O–H groups in total. The largest absolute Gasteiger partial charge is 0.324 e. The lowest BCUT2D eigenvalue weighted by Gasteiger charge is -1.95. The second kappa shape index (κ2) is 3.67. The highest BCUT2D eigenvalue weighted by Gasteiger charge is 2.16. The van der Waals surface area contributed by atoms with Gasteiger partial charge in [-0.2, -0.15) is 0 Å². The van der Waals surface area contributed by atoms with Crippen molar-refractivity contribution in [2.75, 3.05) is 0 Å². The van der Waals surface area contributed by atoms with Crippen molar-refractivity contribution in [3.63, 3.8) is 0 Å². The minimum atomic E-state index is 0. The third kappa shape index (κ3) is 1.83. The summed E-state index contributed by atoms with van der Waals surface area (Å²) in [5, 5.41) is 0. The van der Waals surface area contributed by atoms with Crippen molar-refractivity contribution in [3.8, 4) is 0 Å². The molecule has 3 heteroatoms. The average molecular weight is 148 g/mol. The van der Waals surface area contributed by atoms with Crippen LogP contribution in [-0.2, 0) is 4.79 Å². The van der Waals surface area contributed by atoms with Gasteiger partial charge in [0.1, 0.15) is 5.94 Å². The van der Waals surface area contributed by atoms with E-state index in [1.165, 1.54) is 0 Å². The van der Waals surface area contributed by atoms with Crippen LogP contribution in [0.15, 0.2) is 5.57 Å². The van der Waals surface area contributed by atoms with Crippen LogP contribution >= 0.6 is 12.4 Å². The Morgan fingerprint density at radius 2 is 2.33 bits per heavy atom. The maximum Gasteiger partial charge on any atom is 0.125 e. The van der Waals surface area contributed by atoms with E-state index in [-0.39, 0.29) is 18.4 Å². The molecular formula is C6H10ClNO. The first-order chi connectivity index (χ1) is 3.84. The molecule has 1 saturated carbocycles. The third-order valence-electron chi connectivity index (χ3n) is 1.54. The van der Waals surface area contributed by atoms with Gasteiger partial charge in [-0.25, -0.2) is 4.79 Å². The summed E-state index contributed by atoms with van der Waals surface area (Å²) in [4.78, 5) is 9.98. The highest BCUT2D eigenvalue weighted by molar-refractivity contribution is 5.85. The molecule has 0 aromatic heterocycles. The van der Waals surface area contributed by atoms with E-state index in [2.05, 4.69) is 0 Å². The number of halogens is 1. The molecule has 0 aromatic carbocycles. The van der Waals surface area contributed by atoms with Crippen molar-refractivity contribution in [2.24, 2.45) is 5.73 Å². The number of carbonyl (C=O) groups excluding carboxylic acids is 1. The molecule has 1 aliphatic rings. The van der Waals surface area contributed by atoms with E-state index < -0.39 is 0 Å². The smallest absolute Gasteiger partial charge is 0.125 e. The van der Waals surface area contributed by atoms with Gasteiger partial charge < -0.3 is 5.73 Å². The average Bonchev–Trinajstić information content (AvgIpc) is 2.14. The van der Waals surface area contributed by atoms with Gasteiger partial charge in [0.15, 0.2) is 0 Å². The van der Waals surface area contributed by atoms with Crippen molar-refractivity contribution >= 4 is 18.3 Å². The van der Waals surface area contributed by atoms with Gasteiger partial charge in [0.2, 0.25) is 0 Å². The van der Waals surface area contributed by atoms with E-state index in [0.717, 1.165) is 24.8 Å². The van der Waals surface area contributed by atoms with Gasteiger partial charge in [0.05, 0.1) is 0 Å². The SMILES string of the molecule is Cl.NC1CCCC1=C=O. The van der Waals surface area contributed by atoms with Gasteiger partial charge in [-0.15, -0.1) is 12.4 Å². The summed E-state index contributed by atoms with van der Waals surface area (Å²) in [5.74, 6) is 1.86. The summed E-state index contributed by atoms with van der Waals surface area (Å²) in [5.41, 5.74) is 6.26. The molecule has 1 rings (SSSR count). The first-order valence-corrected chi connectivity index (χ1v) is 2.84. The highest BCUT2D eigenvalue weighted by Crippen LogP contribution is 2.19. The molecule has 0 bridgehead atoms. The van der Waals surface area contributed by atoms with E-state index in [1.54, 1.807) is 0 Å². The van der Waals surface area contributed by atoms with Crippen LogP contribution < -0.4 is 5.73 Å². The maximum absolute atomic E-state index is 9.98. The predicted octanol–water partition coefficient (Wildman–Crippen LogP) is 0.677. The standard InChI is InChI=1S/C6H9NO.ClH/c7-6-3-1-2-5(6)4-8;/h6H,1-3,7H2;1H. The molecule has 0 amide bonds. The van der Waals surface area contributed by atoms with Crippen LogP contribution in [-0.4, -0.2) is 12.0 Å². The van der Waals surface area contributed by atoms with Gasteiger partial charge in [-0.1, -0.05) is 0 Å². The van der Waals surface area contributed by atoms with Gasteiger partial charge in [-0.3, -0.25) is 0 Å². The minimum absolute atomic E-state index is 0. The fraction of sp³-hybridized carbons (Fsp3) is 0.667. The summed E-state index contributed by atoms with van der Waals surface area (Å²) >= 11 is 0. The summed E-state index contributed by atoms with van der Waals surface area (Å²) < 4.78 is 0. The topological polar surface area (TPSA) is 43.1 Å². The normalized spacial score (nSPS) is 25.0. The number of hydrogen-bond acceptors (Lipinski definition) is 2. The maximum atomic E-state index is 9.98. The van der Waals surface area contributed by atoms with Crippen molar-refractivity contribution < 1.29 is 4.79 Å². The first-order valence-electron chi connectivity index (χ1n) is 2.84. The number of hydrogen-bond donors (Lipinski definition) is 1. The lowest BCUT2D eigenvalue weighted by Crippen LogP contribution is -2.16. The molecule has 1 aliphatic carbocycles. The molecule has 52 valence electrons. The lowest BCUT2D eigenvalue weighted by atomic mass is 10.2. The summed E-state index contributed by atoms with van der Waals surface area (Å²) in [7, 11) is 0. The van der Waals surface area contributed by atoms with E-state index in [4.69, 9.17) is 5.73 Å².